The number of carbonyl (C=O) groups excluding carboxylic acids is 1. The third-order valence-electron chi connectivity index (χ3n) is 6.66. The molecule has 10 nitrogen and oxygen atoms in total. The second kappa shape index (κ2) is 10.8. The van der Waals surface area contributed by atoms with Crippen molar-refractivity contribution in [2.75, 3.05) is 17.5 Å². The molecule has 0 atom stereocenters. The summed E-state index contributed by atoms with van der Waals surface area (Å²) in [5.41, 5.74) is 8.88. The van der Waals surface area contributed by atoms with Gasteiger partial charge < -0.3 is 15.0 Å². The van der Waals surface area contributed by atoms with Gasteiger partial charge in [-0.1, -0.05) is 36.4 Å². The maximum Gasteiger partial charge on any atom is 0.326 e. The normalized spacial score (nSPS) is 11.6. The molecule has 0 aliphatic rings. The number of aromatic nitrogens is 3. The van der Waals surface area contributed by atoms with E-state index < -0.39 is 22.5 Å². The van der Waals surface area contributed by atoms with Gasteiger partial charge in [0, 0.05) is 42.2 Å². The number of aryl methyl sites for hydroxylation is 1. The summed E-state index contributed by atoms with van der Waals surface area (Å²) < 4.78 is 36.2. The van der Waals surface area contributed by atoms with Crippen LogP contribution in [0.2, 0.25) is 0 Å². The fourth-order valence-electron chi connectivity index (χ4n) is 4.61. The van der Waals surface area contributed by atoms with Crippen LogP contribution in [0.4, 0.5) is 5.69 Å². The minimum absolute atomic E-state index is 0.00398. The third kappa shape index (κ3) is 5.10. The second-order valence-electron chi connectivity index (χ2n) is 9.22. The van der Waals surface area contributed by atoms with E-state index in [9.17, 15) is 13.2 Å². The van der Waals surface area contributed by atoms with E-state index in [4.69, 9.17) is 20.9 Å². The van der Waals surface area contributed by atoms with E-state index in [-0.39, 0.29) is 17.3 Å². The van der Waals surface area contributed by atoms with E-state index in [2.05, 4.69) is 4.98 Å². The SMILES string of the molecule is CCOC(=O)CN(c1ccc2c(c1)nc(Cc1ccc(C(=N)N)cc1)n2C)S(=O)(=O)c1cccc2cnccc12. The van der Waals surface area contributed by atoms with E-state index in [1.165, 1.54) is 12.3 Å². The van der Waals surface area contributed by atoms with Gasteiger partial charge in [0.05, 0.1) is 28.2 Å². The number of imidazole rings is 1. The number of amidine groups is 1. The molecule has 2 aromatic heterocycles. The largest absolute Gasteiger partial charge is 0.465 e. The minimum atomic E-state index is -4.18. The van der Waals surface area contributed by atoms with Gasteiger partial charge >= 0.3 is 5.97 Å². The molecule has 0 saturated heterocycles. The number of esters is 1. The average Bonchev–Trinajstić information content (AvgIpc) is 3.25. The van der Waals surface area contributed by atoms with Crippen LogP contribution in [0.3, 0.4) is 0 Å². The van der Waals surface area contributed by atoms with Crippen molar-refractivity contribution in [3.63, 3.8) is 0 Å². The molecule has 11 heteroatoms. The number of nitrogens with two attached hydrogens (primary N) is 1. The van der Waals surface area contributed by atoms with E-state index in [1.54, 1.807) is 61.7 Å². The number of anilines is 1. The Kier molecular flexibility index (Phi) is 7.22. The summed E-state index contributed by atoms with van der Waals surface area (Å²) in [6, 6.07) is 19.1. The van der Waals surface area contributed by atoms with Crippen LogP contribution in [0.5, 0.6) is 0 Å². The summed E-state index contributed by atoms with van der Waals surface area (Å²) >= 11 is 0. The molecule has 3 aromatic carbocycles. The number of pyridine rings is 1. The topological polar surface area (TPSA) is 144 Å². The van der Waals surface area contributed by atoms with Gasteiger partial charge in [-0.3, -0.25) is 19.5 Å². The van der Waals surface area contributed by atoms with Crippen molar-refractivity contribution < 1.29 is 17.9 Å². The van der Waals surface area contributed by atoms with Crippen LogP contribution in [0.1, 0.15) is 23.9 Å². The fourth-order valence-corrected chi connectivity index (χ4v) is 6.23. The molecule has 40 heavy (non-hydrogen) atoms. The molecular formula is C29H28N6O4S. The third-order valence-corrected chi connectivity index (χ3v) is 8.49. The standard InChI is InChI=1S/C29H28N6O4S/c1-3-39-28(36)18-35(40(37,38)26-6-4-5-21-17-32-14-13-23(21)26)22-11-12-25-24(16-22)33-27(34(25)2)15-19-7-9-20(10-8-19)29(30)31/h4-14,16-17H,3,15,18H2,1-2H3,(H3,30,31). The molecule has 5 aromatic rings. The van der Waals surface area contributed by atoms with Crippen molar-refractivity contribution in [2.24, 2.45) is 12.8 Å². The highest BCUT2D eigenvalue weighted by Gasteiger charge is 2.30. The van der Waals surface area contributed by atoms with Gasteiger partial charge in [0.2, 0.25) is 0 Å². The first-order chi connectivity index (χ1) is 19.2. The Hall–Kier alpha value is -4.77. The first kappa shape index (κ1) is 26.8. The summed E-state index contributed by atoms with van der Waals surface area (Å²) in [6.07, 6.45) is 3.65. The Balaban J connectivity index is 1.56. The number of fused-ring (bicyclic) bond motifs is 2. The number of benzene rings is 3. The van der Waals surface area contributed by atoms with Crippen LogP contribution < -0.4 is 10.0 Å². The number of carbonyl (C=O) groups is 1. The van der Waals surface area contributed by atoms with Crippen LogP contribution >= 0.6 is 0 Å². The molecule has 0 radical (unpaired) electrons. The lowest BCUT2D eigenvalue weighted by Crippen LogP contribution is -2.36. The minimum Gasteiger partial charge on any atom is -0.465 e. The monoisotopic (exact) mass is 556 g/mol. The summed E-state index contributed by atoms with van der Waals surface area (Å²) in [6.45, 7) is 1.30. The van der Waals surface area contributed by atoms with Crippen molar-refractivity contribution in [3.05, 3.63) is 96.1 Å². The quantitative estimate of drug-likeness (QED) is 0.160. The Morgan fingerprint density at radius 3 is 2.60 bits per heavy atom. The number of sulfonamides is 1. The van der Waals surface area contributed by atoms with Gasteiger partial charge in [-0.2, -0.15) is 0 Å². The van der Waals surface area contributed by atoms with Gasteiger partial charge in [0.1, 0.15) is 18.2 Å². The molecule has 0 aliphatic heterocycles. The number of hydrogen-bond acceptors (Lipinski definition) is 7. The molecule has 2 heterocycles. The molecule has 0 amide bonds. The highest BCUT2D eigenvalue weighted by Crippen LogP contribution is 2.31. The van der Waals surface area contributed by atoms with E-state index >= 15 is 0 Å². The molecule has 0 fully saturated rings. The molecule has 3 N–H and O–H groups in total. The highest BCUT2D eigenvalue weighted by atomic mass is 32.2. The van der Waals surface area contributed by atoms with Crippen molar-refractivity contribution in [1.82, 2.24) is 14.5 Å². The van der Waals surface area contributed by atoms with Crippen LogP contribution in [-0.4, -0.2) is 47.9 Å². The number of ether oxygens (including phenoxy) is 1. The van der Waals surface area contributed by atoms with Crippen molar-refractivity contribution in [1.29, 1.82) is 5.41 Å². The maximum atomic E-state index is 14.1. The molecule has 204 valence electrons. The molecule has 0 aliphatic carbocycles. The lowest BCUT2D eigenvalue weighted by Gasteiger charge is -2.24. The zero-order chi connectivity index (χ0) is 28.4. The molecule has 0 bridgehead atoms. The lowest BCUT2D eigenvalue weighted by atomic mass is 10.1. The number of nitrogens with zero attached hydrogens (tertiary/aromatic N) is 4. The van der Waals surface area contributed by atoms with Crippen molar-refractivity contribution in [2.45, 2.75) is 18.2 Å². The fraction of sp³-hybridized carbons (Fsp3) is 0.172. The van der Waals surface area contributed by atoms with E-state index in [1.807, 2.05) is 23.7 Å². The Labute approximate surface area is 231 Å². The molecule has 5 rings (SSSR count). The molecule has 0 unspecified atom stereocenters. The predicted molar refractivity (Wildman–Crippen MR) is 154 cm³/mol. The number of nitrogens with one attached hydrogen (secondary N) is 1. The highest BCUT2D eigenvalue weighted by molar-refractivity contribution is 7.93. The maximum absolute atomic E-state index is 14.1. The van der Waals surface area contributed by atoms with E-state index in [0.717, 1.165) is 21.2 Å². The van der Waals surface area contributed by atoms with Crippen molar-refractivity contribution >= 4 is 49.3 Å². The summed E-state index contributed by atoms with van der Waals surface area (Å²) in [4.78, 5) is 21.5. The second-order valence-corrected chi connectivity index (χ2v) is 11.0. The average molecular weight is 557 g/mol. The van der Waals surface area contributed by atoms with Gasteiger partial charge in [-0.25, -0.2) is 13.4 Å². The Morgan fingerprint density at radius 1 is 1.10 bits per heavy atom. The number of hydrogen-bond donors (Lipinski definition) is 2. The first-order valence-electron chi connectivity index (χ1n) is 12.6. The lowest BCUT2D eigenvalue weighted by molar-refractivity contribution is -0.141. The van der Waals surface area contributed by atoms with Gasteiger partial charge in [0.15, 0.2) is 0 Å². The summed E-state index contributed by atoms with van der Waals surface area (Å²) in [5, 5.41) is 8.75. The molecule has 0 saturated carbocycles. The van der Waals surface area contributed by atoms with Gasteiger partial charge in [-0.05, 0) is 42.8 Å². The Bertz CT molecular complexity index is 1840. The smallest absolute Gasteiger partial charge is 0.326 e. The predicted octanol–water partition coefficient (Wildman–Crippen LogP) is 3.75. The molecular weight excluding hydrogens is 528 g/mol. The van der Waals surface area contributed by atoms with Crippen LogP contribution in [0, 0.1) is 5.41 Å². The van der Waals surface area contributed by atoms with Crippen LogP contribution in [0.15, 0.2) is 84.0 Å². The number of nitrogen functional groups attached to an aromatic ring is 1. The van der Waals surface area contributed by atoms with Crippen LogP contribution in [0.25, 0.3) is 21.8 Å². The summed E-state index contributed by atoms with van der Waals surface area (Å²) in [5.74, 6) is 0.108. The van der Waals surface area contributed by atoms with Crippen LogP contribution in [-0.2, 0) is 33.0 Å². The first-order valence-corrected chi connectivity index (χ1v) is 14.0. The molecule has 0 spiro atoms. The zero-order valence-corrected chi connectivity index (χ0v) is 22.9. The van der Waals surface area contributed by atoms with Gasteiger partial charge in [0.25, 0.3) is 10.0 Å². The zero-order valence-electron chi connectivity index (χ0n) is 22.0. The Morgan fingerprint density at radius 2 is 1.88 bits per heavy atom. The van der Waals surface area contributed by atoms with E-state index in [0.29, 0.717) is 34.0 Å². The van der Waals surface area contributed by atoms with Crippen molar-refractivity contribution in [3.8, 4) is 0 Å². The number of rotatable bonds is 9. The van der Waals surface area contributed by atoms with Gasteiger partial charge in [-0.15, -0.1) is 0 Å². The summed E-state index contributed by atoms with van der Waals surface area (Å²) in [7, 11) is -2.29.